The smallest absolute Gasteiger partial charge is 0.248 e. The number of aryl methyl sites for hydroxylation is 2. The van der Waals surface area contributed by atoms with Crippen molar-refractivity contribution in [1.29, 1.82) is 0 Å². The molecule has 1 fully saturated rings. The number of hydrogen-bond acceptors (Lipinski definition) is 6. The van der Waals surface area contributed by atoms with Crippen LogP contribution in [0.25, 0.3) is 5.69 Å². The van der Waals surface area contributed by atoms with Crippen LogP contribution in [-0.2, 0) is 16.0 Å². The van der Waals surface area contributed by atoms with Crippen molar-refractivity contribution in [3.63, 3.8) is 0 Å². The molecule has 1 atom stereocenters. The Kier molecular flexibility index (Phi) is 7.93. The molecule has 2 amide bonds. The first-order valence-corrected chi connectivity index (χ1v) is 13.9. The summed E-state index contributed by atoms with van der Waals surface area (Å²) in [7, 11) is 0. The van der Waals surface area contributed by atoms with Crippen LogP contribution >= 0.6 is 11.3 Å². The molecule has 1 saturated carbocycles. The lowest BCUT2D eigenvalue weighted by Gasteiger charge is -2.34. The van der Waals surface area contributed by atoms with Crippen molar-refractivity contribution in [3.8, 4) is 5.69 Å². The van der Waals surface area contributed by atoms with E-state index >= 15 is 0 Å². The second kappa shape index (κ2) is 11.7. The number of tetrazole rings is 1. The first-order chi connectivity index (χ1) is 18.5. The van der Waals surface area contributed by atoms with Gasteiger partial charge in [0.25, 0.3) is 0 Å². The molecule has 8 nitrogen and oxygen atoms in total. The molecule has 0 bridgehead atoms. The normalized spacial score (nSPS) is 14.7. The van der Waals surface area contributed by atoms with Gasteiger partial charge < -0.3 is 5.32 Å². The number of rotatable bonds is 8. The number of carbonyl (C=O) groups is 2. The second-order valence-electron chi connectivity index (χ2n) is 9.90. The van der Waals surface area contributed by atoms with Crippen LogP contribution in [0.1, 0.15) is 59.7 Å². The minimum atomic E-state index is -0.803. The van der Waals surface area contributed by atoms with Crippen LogP contribution in [0, 0.1) is 13.8 Å². The van der Waals surface area contributed by atoms with Crippen molar-refractivity contribution < 1.29 is 9.59 Å². The molecule has 1 aliphatic carbocycles. The average molecular weight is 529 g/mol. The Morgan fingerprint density at radius 1 is 1.08 bits per heavy atom. The van der Waals surface area contributed by atoms with E-state index < -0.39 is 6.04 Å². The summed E-state index contributed by atoms with van der Waals surface area (Å²) in [5.74, 6) is -0.283. The maximum atomic E-state index is 14.0. The summed E-state index contributed by atoms with van der Waals surface area (Å²) < 4.78 is 1.59. The van der Waals surface area contributed by atoms with Crippen molar-refractivity contribution in [1.82, 2.24) is 25.5 Å². The molecule has 196 valence electrons. The Balaban J connectivity index is 1.57. The number of nitrogens with one attached hydrogen (secondary N) is 1. The predicted octanol–water partition coefficient (Wildman–Crippen LogP) is 5.11. The lowest BCUT2D eigenvalue weighted by molar-refractivity contribution is -0.127. The average Bonchev–Trinajstić information content (AvgIpc) is 3.63. The van der Waals surface area contributed by atoms with Crippen molar-refractivity contribution in [2.45, 2.75) is 64.5 Å². The highest BCUT2D eigenvalue weighted by molar-refractivity contribution is 7.10. The molecule has 0 radical (unpaired) electrons. The number of hydrogen-bond donors (Lipinski definition) is 1. The third kappa shape index (κ3) is 5.83. The van der Waals surface area contributed by atoms with E-state index in [4.69, 9.17) is 0 Å². The molecular formula is C29H32N6O2S. The molecule has 1 unspecified atom stereocenters. The van der Waals surface area contributed by atoms with E-state index in [1.807, 2.05) is 73.8 Å². The molecular weight excluding hydrogens is 496 g/mol. The van der Waals surface area contributed by atoms with E-state index in [1.54, 1.807) is 20.9 Å². The van der Waals surface area contributed by atoms with Gasteiger partial charge >= 0.3 is 0 Å². The van der Waals surface area contributed by atoms with E-state index in [0.29, 0.717) is 5.69 Å². The second-order valence-corrected chi connectivity index (χ2v) is 10.9. The van der Waals surface area contributed by atoms with Gasteiger partial charge in [0.1, 0.15) is 12.4 Å². The lowest BCUT2D eigenvalue weighted by atomic mass is 9.94. The molecule has 1 N–H and O–H groups in total. The first-order valence-electron chi connectivity index (χ1n) is 13.0. The maximum Gasteiger partial charge on any atom is 0.248 e. The Morgan fingerprint density at radius 3 is 2.53 bits per heavy atom. The summed E-state index contributed by atoms with van der Waals surface area (Å²) in [6, 6.07) is 16.8. The summed E-state index contributed by atoms with van der Waals surface area (Å²) in [5.41, 5.74) is 4.23. The fraction of sp³-hybridized carbons (Fsp3) is 0.345. The monoisotopic (exact) mass is 528 g/mol. The third-order valence-electron chi connectivity index (χ3n) is 7.08. The minimum absolute atomic E-state index is 0.127. The Labute approximate surface area is 226 Å². The fourth-order valence-corrected chi connectivity index (χ4v) is 5.79. The summed E-state index contributed by atoms with van der Waals surface area (Å²) in [6.07, 6.45) is 7.10. The quantitative estimate of drug-likeness (QED) is 0.343. The molecule has 2 heterocycles. The van der Waals surface area contributed by atoms with Gasteiger partial charge in [0.2, 0.25) is 11.8 Å². The summed E-state index contributed by atoms with van der Waals surface area (Å²) >= 11 is 1.54. The van der Waals surface area contributed by atoms with Gasteiger partial charge in [-0.3, -0.25) is 14.5 Å². The van der Waals surface area contributed by atoms with E-state index in [1.165, 1.54) is 12.7 Å². The highest BCUT2D eigenvalue weighted by Gasteiger charge is 2.34. The zero-order chi connectivity index (χ0) is 26.5. The van der Waals surface area contributed by atoms with E-state index in [2.05, 4.69) is 20.8 Å². The van der Waals surface area contributed by atoms with Crippen LogP contribution < -0.4 is 10.2 Å². The minimum Gasteiger partial charge on any atom is -0.351 e. The number of aromatic nitrogens is 4. The zero-order valence-corrected chi connectivity index (χ0v) is 22.5. The van der Waals surface area contributed by atoms with Gasteiger partial charge in [-0.05, 0) is 77.9 Å². The van der Waals surface area contributed by atoms with Gasteiger partial charge in [0, 0.05) is 16.6 Å². The molecule has 0 saturated heterocycles. The van der Waals surface area contributed by atoms with Crippen LogP contribution in [-0.4, -0.2) is 38.1 Å². The van der Waals surface area contributed by atoms with E-state index in [-0.39, 0.29) is 24.3 Å². The molecule has 38 heavy (non-hydrogen) atoms. The van der Waals surface area contributed by atoms with Crippen molar-refractivity contribution in [3.05, 3.63) is 87.9 Å². The molecule has 5 rings (SSSR count). The number of thiophene rings is 1. The largest absolute Gasteiger partial charge is 0.351 e. The number of amides is 2. The Morgan fingerprint density at radius 2 is 1.87 bits per heavy atom. The molecule has 1 aliphatic rings. The van der Waals surface area contributed by atoms with Crippen molar-refractivity contribution in [2.24, 2.45) is 0 Å². The van der Waals surface area contributed by atoms with Crippen LogP contribution in [0.2, 0.25) is 0 Å². The topological polar surface area (TPSA) is 93.0 Å². The van der Waals surface area contributed by atoms with Gasteiger partial charge in [-0.15, -0.1) is 16.4 Å². The Bertz CT molecular complexity index is 1360. The van der Waals surface area contributed by atoms with Crippen LogP contribution in [0.5, 0.6) is 0 Å². The lowest BCUT2D eigenvalue weighted by Crippen LogP contribution is -2.47. The first kappa shape index (κ1) is 25.8. The molecule has 9 heteroatoms. The summed E-state index contributed by atoms with van der Waals surface area (Å²) in [4.78, 5) is 30.7. The number of carbonyl (C=O) groups excluding carboxylic acids is 2. The Hall–Kier alpha value is -3.85. The number of nitrogens with zero attached hydrogens (tertiary/aromatic N) is 5. The molecule has 2 aromatic heterocycles. The number of benzene rings is 2. The van der Waals surface area contributed by atoms with Crippen LogP contribution in [0.4, 0.5) is 5.69 Å². The fourth-order valence-electron chi connectivity index (χ4n) is 5.10. The molecule has 4 aromatic rings. The SMILES string of the molecule is Cc1ccc(C(C(=O)NC2CCCCC2)N(C(=O)Cc2cccs2)c2ccc(-n3cnnn3)c(C)c2)cc1. The summed E-state index contributed by atoms with van der Waals surface area (Å²) in [6.45, 7) is 3.97. The van der Waals surface area contributed by atoms with Crippen LogP contribution in [0.3, 0.4) is 0 Å². The van der Waals surface area contributed by atoms with Crippen molar-refractivity contribution >= 4 is 28.8 Å². The number of anilines is 1. The van der Waals surface area contributed by atoms with Gasteiger partial charge in [-0.2, -0.15) is 0 Å². The van der Waals surface area contributed by atoms with Crippen LogP contribution in [0.15, 0.2) is 66.3 Å². The summed E-state index contributed by atoms with van der Waals surface area (Å²) in [5, 5.41) is 16.7. The molecule has 2 aromatic carbocycles. The molecule has 0 aliphatic heterocycles. The van der Waals surface area contributed by atoms with Gasteiger partial charge in [0.05, 0.1) is 12.1 Å². The van der Waals surface area contributed by atoms with Crippen molar-refractivity contribution in [2.75, 3.05) is 4.90 Å². The predicted molar refractivity (Wildman–Crippen MR) is 148 cm³/mol. The van der Waals surface area contributed by atoms with Gasteiger partial charge in [-0.25, -0.2) is 4.68 Å². The standard InChI is InChI=1S/C29H32N6O2S/c1-20-10-12-22(13-11-20)28(29(37)31-23-7-4-3-5-8-23)35(27(36)18-25-9-6-16-38-25)24-14-15-26(21(2)17-24)34-19-30-32-33-34/h6,9-17,19,23,28H,3-5,7-8,18H2,1-2H3,(H,31,37). The maximum absolute atomic E-state index is 14.0. The highest BCUT2D eigenvalue weighted by atomic mass is 32.1. The zero-order valence-electron chi connectivity index (χ0n) is 21.7. The van der Waals surface area contributed by atoms with Gasteiger partial charge in [0.15, 0.2) is 0 Å². The van der Waals surface area contributed by atoms with E-state index in [0.717, 1.165) is 52.9 Å². The molecule has 0 spiro atoms. The highest BCUT2D eigenvalue weighted by Crippen LogP contribution is 2.32. The van der Waals surface area contributed by atoms with E-state index in [9.17, 15) is 9.59 Å². The van der Waals surface area contributed by atoms with Gasteiger partial charge in [-0.1, -0.05) is 55.2 Å². The third-order valence-corrected chi connectivity index (χ3v) is 7.96.